The number of benzene rings is 2. The molecule has 1 atom stereocenters. The number of hydrogen-bond acceptors (Lipinski definition) is 3. The fourth-order valence-corrected chi connectivity index (χ4v) is 3.40. The normalized spacial score (nSPS) is 16.8. The van der Waals surface area contributed by atoms with E-state index in [0.717, 1.165) is 18.6 Å². The molecule has 0 spiro atoms. The van der Waals surface area contributed by atoms with Gasteiger partial charge < -0.3 is 14.4 Å². The van der Waals surface area contributed by atoms with E-state index >= 15 is 0 Å². The van der Waals surface area contributed by atoms with Crippen LogP contribution < -0.4 is 4.74 Å². The molecule has 2 aromatic rings. The van der Waals surface area contributed by atoms with Gasteiger partial charge in [0.05, 0.1) is 13.2 Å². The lowest BCUT2D eigenvalue weighted by atomic mass is 9.89. The van der Waals surface area contributed by atoms with Crippen LogP contribution >= 0.6 is 0 Å². The molecule has 0 N–H and O–H groups in total. The van der Waals surface area contributed by atoms with E-state index in [-0.39, 0.29) is 12.1 Å². The maximum Gasteiger partial charge on any atom is 0.410 e. The SMILES string of the molecule is COc1ccc(C[C@H]2c3ccccc3CCN2C(=O)OC(C)(C)C)cc1. The fourth-order valence-electron chi connectivity index (χ4n) is 3.40. The van der Waals surface area contributed by atoms with Gasteiger partial charge in [-0.2, -0.15) is 0 Å². The van der Waals surface area contributed by atoms with Gasteiger partial charge in [-0.1, -0.05) is 36.4 Å². The van der Waals surface area contributed by atoms with Gasteiger partial charge in [-0.05, 0) is 62.4 Å². The highest BCUT2D eigenvalue weighted by atomic mass is 16.6. The number of fused-ring (bicyclic) bond motifs is 1. The van der Waals surface area contributed by atoms with Crippen molar-refractivity contribution in [1.29, 1.82) is 0 Å². The maximum absolute atomic E-state index is 12.8. The molecule has 4 heteroatoms. The molecule has 1 heterocycles. The molecule has 0 bridgehead atoms. The van der Waals surface area contributed by atoms with Gasteiger partial charge in [0.1, 0.15) is 11.4 Å². The van der Waals surface area contributed by atoms with Crippen molar-refractivity contribution < 1.29 is 14.3 Å². The monoisotopic (exact) mass is 353 g/mol. The summed E-state index contributed by atoms with van der Waals surface area (Å²) in [5.74, 6) is 0.835. The van der Waals surface area contributed by atoms with Crippen molar-refractivity contribution in [3.8, 4) is 5.75 Å². The topological polar surface area (TPSA) is 38.8 Å². The highest BCUT2D eigenvalue weighted by Gasteiger charge is 2.33. The van der Waals surface area contributed by atoms with Crippen LogP contribution in [0.5, 0.6) is 5.75 Å². The third-order valence-electron chi connectivity index (χ3n) is 4.63. The third-order valence-corrected chi connectivity index (χ3v) is 4.63. The number of nitrogens with zero attached hydrogens (tertiary/aromatic N) is 1. The molecule has 0 radical (unpaired) electrons. The molecule has 1 amide bonds. The molecule has 2 aromatic carbocycles. The largest absolute Gasteiger partial charge is 0.497 e. The number of ether oxygens (including phenoxy) is 2. The summed E-state index contributed by atoms with van der Waals surface area (Å²) >= 11 is 0. The van der Waals surface area contributed by atoms with Crippen molar-refractivity contribution in [2.24, 2.45) is 0 Å². The summed E-state index contributed by atoms with van der Waals surface area (Å²) in [5.41, 5.74) is 3.19. The summed E-state index contributed by atoms with van der Waals surface area (Å²) in [5, 5.41) is 0. The predicted molar refractivity (Wildman–Crippen MR) is 103 cm³/mol. The van der Waals surface area contributed by atoms with E-state index in [1.54, 1.807) is 7.11 Å². The summed E-state index contributed by atoms with van der Waals surface area (Å²) in [7, 11) is 1.66. The molecular formula is C22H27NO3. The van der Waals surface area contributed by atoms with Crippen LogP contribution in [0.2, 0.25) is 0 Å². The van der Waals surface area contributed by atoms with E-state index in [1.165, 1.54) is 16.7 Å². The molecule has 0 aliphatic carbocycles. The van der Waals surface area contributed by atoms with Crippen molar-refractivity contribution in [1.82, 2.24) is 4.90 Å². The smallest absolute Gasteiger partial charge is 0.410 e. The minimum Gasteiger partial charge on any atom is -0.497 e. The van der Waals surface area contributed by atoms with E-state index in [2.05, 4.69) is 30.3 Å². The Morgan fingerprint density at radius 3 is 2.46 bits per heavy atom. The van der Waals surface area contributed by atoms with Gasteiger partial charge in [-0.15, -0.1) is 0 Å². The van der Waals surface area contributed by atoms with E-state index in [4.69, 9.17) is 9.47 Å². The van der Waals surface area contributed by atoms with Gasteiger partial charge in [-0.3, -0.25) is 0 Å². The Morgan fingerprint density at radius 1 is 1.12 bits per heavy atom. The first kappa shape index (κ1) is 18.3. The average molecular weight is 353 g/mol. The van der Waals surface area contributed by atoms with Crippen LogP contribution in [0.1, 0.15) is 43.5 Å². The standard InChI is InChI=1S/C22H27NO3/c1-22(2,3)26-21(24)23-14-13-17-7-5-6-8-19(17)20(23)15-16-9-11-18(25-4)12-10-16/h5-12,20H,13-15H2,1-4H3/t20-/m0/s1. The molecule has 0 aromatic heterocycles. The molecule has 3 rings (SSSR count). The highest BCUT2D eigenvalue weighted by Crippen LogP contribution is 2.33. The minimum atomic E-state index is -0.501. The van der Waals surface area contributed by atoms with Gasteiger partial charge in [0.15, 0.2) is 0 Å². The van der Waals surface area contributed by atoms with Gasteiger partial charge in [0.2, 0.25) is 0 Å². The molecule has 0 unspecified atom stereocenters. The molecule has 138 valence electrons. The summed E-state index contributed by atoms with van der Waals surface area (Å²) in [4.78, 5) is 14.7. The Kier molecular flexibility index (Phi) is 5.21. The lowest BCUT2D eigenvalue weighted by Crippen LogP contribution is -2.43. The Hall–Kier alpha value is -2.49. The average Bonchev–Trinajstić information content (AvgIpc) is 2.61. The van der Waals surface area contributed by atoms with Crippen LogP contribution in [0, 0.1) is 0 Å². The zero-order chi connectivity index (χ0) is 18.7. The summed E-state index contributed by atoms with van der Waals surface area (Å²) in [6.45, 7) is 6.39. The molecule has 1 aliphatic rings. The first-order chi connectivity index (χ1) is 12.4. The lowest BCUT2D eigenvalue weighted by Gasteiger charge is -2.38. The van der Waals surface area contributed by atoms with E-state index in [9.17, 15) is 4.79 Å². The summed E-state index contributed by atoms with van der Waals surface area (Å²) < 4.78 is 10.9. The zero-order valence-electron chi connectivity index (χ0n) is 16.0. The number of amides is 1. The second kappa shape index (κ2) is 7.40. The fraction of sp³-hybridized carbons (Fsp3) is 0.409. The van der Waals surface area contributed by atoms with Gasteiger partial charge in [0, 0.05) is 6.54 Å². The second-order valence-electron chi connectivity index (χ2n) is 7.69. The molecule has 0 saturated heterocycles. The Bertz CT molecular complexity index is 762. The first-order valence-corrected chi connectivity index (χ1v) is 9.08. The van der Waals surface area contributed by atoms with Crippen molar-refractivity contribution in [3.05, 3.63) is 65.2 Å². The predicted octanol–water partition coefficient (Wildman–Crippen LogP) is 4.77. The molecular weight excluding hydrogens is 326 g/mol. The number of carbonyl (C=O) groups excluding carboxylic acids is 1. The number of hydrogen-bond donors (Lipinski definition) is 0. The number of methoxy groups -OCH3 is 1. The van der Waals surface area contributed by atoms with Gasteiger partial charge >= 0.3 is 6.09 Å². The molecule has 1 aliphatic heterocycles. The Balaban J connectivity index is 1.90. The number of carbonyl (C=O) groups is 1. The summed E-state index contributed by atoms with van der Waals surface area (Å²) in [6.07, 6.45) is 1.36. The maximum atomic E-state index is 12.8. The lowest BCUT2D eigenvalue weighted by molar-refractivity contribution is 0.0141. The minimum absolute atomic E-state index is 0.0248. The Labute approximate surface area is 155 Å². The van der Waals surface area contributed by atoms with Crippen LogP contribution in [0.15, 0.2) is 48.5 Å². The second-order valence-corrected chi connectivity index (χ2v) is 7.69. The van der Waals surface area contributed by atoms with Crippen LogP contribution in [0.4, 0.5) is 4.79 Å². The van der Waals surface area contributed by atoms with Crippen LogP contribution in [-0.2, 0) is 17.6 Å². The highest BCUT2D eigenvalue weighted by molar-refractivity contribution is 5.69. The van der Waals surface area contributed by atoms with Crippen molar-refractivity contribution in [2.75, 3.05) is 13.7 Å². The molecule has 26 heavy (non-hydrogen) atoms. The quantitative estimate of drug-likeness (QED) is 0.798. The Morgan fingerprint density at radius 2 is 1.81 bits per heavy atom. The van der Waals surface area contributed by atoms with E-state index < -0.39 is 5.60 Å². The summed E-state index contributed by atoms with van der Waals surface area (Å²) in [6, 6.07) is 16.4. The van der Waals surface area contributed by atoms with Crippen molar-refractivity contribution in [2.45, 2.75) is 45.3 Å². The van der Waals surface area contributed by atoms with Gasteiger partial charge in [-0.25, -0.2) is 4.79 Å². The molecule has 0 saturated carbocycles. The van der Waals surface area contributed by atoms with Gasteiger partial charge in [0.25, 0.3) is 0 Å². The van der Waals surface area contributed by atoms with Crippen LogP contribution in [0.25, 0.3) is 0 Å². The van der Waals surface area contributed by atoms with E-state index in [1.807, 2.05) is 43.9 Å². The first-order valence-electron chi connectivity index (χ1n) is 9.08. The van der Waals surface area contributed by atoms with Crippen molar-refractivity contribution in [3.63, 3.8) is 0 Å². The third kappa shape index (κ3) is 4.18. The zero-order valence-corrected chi connectivity index (χ0v) is 16.0. The molecule has 4 nitrogen and oxygen atoms in total. The number of rotatable bonds is 3. The molecule has 0 fully saturated rings. The van der Waals surface area contributed by atoms with Crippen molar-refractivity contribution >= 4 is 6.09 Å². The van der Waals surface area contributed by atoms with E-state index in [0.29, 0.717) is 6.54 Å². The van der Waals surface area contributed by atoms with Crippen LogP contribution in [0.3, 0.4) is 0 Å². The van der Waals surface area contributed by atoms with Crippen LogP contribution in [-0.4, -0.2) is 30.2 Å².